The summed E-state index contributed by atoms with van der Waals surface area (Å²) in [5, 5.41) is 6.00. The highest BCUT2D eigenvalue weighted by Gasteiger charge is 2.30. The molecule has 0 saturated heterocycles. The molecule has 2 amide bonds. The summed E-state index contributed by atoms with van der Waals surface area (Å²) in [6.45, 7) is 2.46. The van der Waals surface area contributed by atoms with E-state index in [0.29, 0.717) is 86.5 Å². The molecule has 34 heavy (non-hydrogen) atoms. The number of amides is 2. The van der Waals surface area contributed by atoms with Crippen molar-refractivity contribution < 1.29 is 28.5 Å². The van der Waals surface area contributed by atoms with Crippen molar-refractivity contribution in [3.8, 4) is 23.0 Å². The van der Waals surface area contributed by atoms with Crippen molar-refractivity contribution in [2.75, 3.05) is 37.1 Å². The van der Waals surface area contributed by atoms with Crippen molar-refractivity contribution in [2.24, 2.45) is 11.8 Å². The Kier molecular flexibility index (Phi) is 6.74. The third-order valence-electron chi connectivity index (χ3n) is 6.50. The monoisotopic (exact) mass is 466 g/mol. The molecular formula is C26H30N2O6. The molecule has 8 nitrogen and oxygen atoms in total. The number of anilines is 2. The second kappa shape index (κ2) is 10.2. The van der Waals surface area contributed by atoms with Gasteiger partial charge in [0.25, 0.3) is 0 Å². The summed E-state index contributed by atoms with van der Waals surface area (Å²) in [5.74, 6) is 2.46. The van der Waals surface area contributed by atoms with Crippen molar-refractivity contribution in [3.63, 3.8) is 0 Å². The van der Waals surface area contributed by atoms with Crippen molar-refractivity contribution in [1.29, 1.82) is 0 Å². The first-order valence-electron chi connectivity index (χ1n) is 12.1. The molecule has 0 bridgehead atoms. The van der Waals surface area contributed by atoms with Crippen LogP contribution in [0, 0.1) is 11.8 Å². The highest BCUT2D eigenvalue weighted by molar-refractivity contribution is 5.95. The van der Waals surface area contributed by atoms with Crippen LogP contribution < -0.4 is 29.6 Å². The molecule has 0 spiro atoms. The molecule has 1 saturated carbocycles. The fourth-order valence-electron chi connectivity index (χ4n) is 4.59. The van der Waals surface area contributed by atoms with Gasteiger partial charge in [0.05, 0.1) is 26.4 Å². The zero-order chi connectivity index (χ0) is 23.3. The van der Waals surface area contributed by atoms with E-state index in [4.69, 9.17) is 18.9 Å². The summed E-state index contributed by atoms with van der Waals surface area (Å²) in [5.41, 5.74) is 1.40. The molecule has 1 aliphatic carbocycles. The van der Waals surface area contributed by atoms with E-state index in [1.54, 1.807) is 0 Å². The number of ether oxygens (including phenoxy) is 4. The number of rotatable bonds is 4. The van der Waals surface area contributed by atoms with Crippen LogP contribution in [0.25, 0.3) is 0 Å². The third kappa shape index (κ3) is 5.21. The van der Waals surface area contributed by atoms with Crippen LogP contribution in [-0.2, 0) is 9.59 Å². The van der Waals surface area contributed by atoms with Gasteiger partial charge in [0, 0.05) is 48.2 Å². The number of benzene rings is 2. The zero-order valence-electron chi connectivity index (χ0n) is 19.1. The standard InChI is InChI=1S/C26H30N2O6/c29-25(27-19-7-9-21-23(15-19)33-13-1-11-31-21)17-3-5-18(6-4-17)26(30)28-20-8-10-22-24(16-20)34-14-2-12-32-22/h7-10,15-18H,1-6,11-14H2,(H,27,29)(H,28,30). The van der Waals surface area contributed by atoms with Gasteiger partial charge in [-0.15, -0.1) is 0 Å². The van der Waals surface area contributed by atoms with E-state index in [9.17, 15) is 9.59 Å². The molecule has 0 unspecified atom stereocenters. The lowest BCUT2D eigenvalue weighted by Crippen LogP contribution is -2.32. The van der Waals surface area contributed by atoms with Crippen LogP contribution in [0.15, 0.2) is 36.4 Å². The molecule has 3 aliphatic rings. The summed E-state index contributed by atoms with van der Waals surface area (Å²) in [4.78, 5) is 25.7. The van der Waals surface area contributed by atoms with Crippen molar-refractivity contribution in [1.82, 2.24) is 0 Å². The van der Waals surface area contributed by atoms with Crippen molar-refractivity contribution in [3.05, 3.63) is 36.4 Å². The number of fused-ring (bicyclic) bond motifs is 2. The minimum atomic E-state index is -0.113. The summed E-state index contributed by atoms with van der Waals surface area (Å²) in [6, 6.07) is 11.0. The molecule has 180 valence electrons. The molecule has 2 aliphatic heterocycles. The average Bonchev–Trinajstić information content (AvgIpc) is 3.24. The van der Waals surface area contributed by atoms with E-state index >= 15 is 0 Å². The first kappa shape index (κ1) is 22.4. The van der Waals surface area contributed by atoms with Crippen LogP contribution >= 0.6 is 0 Å². The van der Waals surface area contributed by atoms with Crippen LogP contribution in [-0.4, -0.2) is 38.2 Å². The fourth-order valence-corrected chi connectivity index (χ4v) is 4.59. The molecule has 2 N–H and O–H groups in total. The van der Waals surface area contributed by atoms with E-state index in [1.165, 1.54) is 0 Å². The second-order valence-electron chi connectivity index (χ2n) is 8.95. The first-order valence-corrected chi connectivity index (χ1v) is 12.1. The maximum atomic E-state index is 12.8. The lowest BCUT2D eigenvalue weighted by Gasteiger charge is -2.27. The SMILES string of the molecule is O=C(Nc1ccc2c(c1)OCCCO2)C1CCC(C(=O)Nc2ccc3c(c2)OCCCO3)CC1. The summed E-state index contributed by atoms with van der Waals surface area (Å²) in [7, 11) is 0. The number of nitrogens with one attached hydrogen (secondary N) is 2. The number of hydrogen-bond donors (Lipinski definition) is 2. The summed E-state index contributed by atoms with van der Waals surface area (Å²) in [6.07, 6.45) is 4.38. The first-order chi connectivity index (χ1) is 16.7. The third-order valence-corrected chi connectivity index (χ3v) is 6.50. The molecule has 2 aromatic rings. The number of carbonyl (C=O) groups is 2. The van der Waals surface area contributed by atoms with Gasteiger partial charge in [-0.3, -0.25) is 9.59 Å². The Morgan fingerprint density at radius 1 is 0.588 bits per heavy atom. The molecule has 2 heterocycles. The average molecular weight is 467 g/mol. The number of carbonyl (C=O) groups excluding carboxylic acids is 2. The topological polar surface area (TPSA) is 95.1 Å². The predicted octanol–water partition coefficient (Wildman–Crippen LogP) is 4.39. The van der Waals surface area contributed by atoms with Crippen molar-refractivity contribution >= 4 is 23.2 Å². The fraction of sp³-hybridized carbons (Fsp3) is 0.462. The van der Waals surface area contributed by atoms with Crippen LogP contribution in [0.4, 0.5) is 11.4 Å². The number of hydrogen-bond acceptors (Lipinski definition) is 6. The largest absolute Gasteiger partial charge is 0.490 e. The van der Waals surface area contributed by atoms with Crippen molar-refractivity contribution in [2.45, 2.75) is 38.5 Å². The van der Waals surface area contributed by atoms with Gasteiger partial charge in [-0.25, -0.2) is 0 Å². The van der Waals surface area contributed by atoms with Crippen LogP contribution in [0.5, 0.6) is 23.0 Å². The van der Waals surface area contributed by atoms with Crippen LogP contribution in [0.1, 0.15) is 38.5 Å². The van der Waals surface area contributed by atoms with Gasteiger partial charge >= 0.3 is 0 Å². The summed E-state index contributed by atoms with van der Waals surface area (Å²) < 4.78 is 22.7. The normalized spacial score (nSPS) is 21.5. The molecule has 1 fully saturated rings. The smallest absolute Gasteiger partial charge is 0.227 e. The Balaban J connectivity index is 1.13. The quantitative estimate of drug-likeness (QED) is 0.694. The predicted molar refractivity (Wildman–Crippen MR) is 127 cm³/mol. The maximum absolute atomic E-state index is 12.8. The van der Waals surface area contributed by atoms with Gasteiger partial charge in [0.2, 0.25) is 11.8 Å². The van der Waals surface area contributed by atoms with E-state index in [0.717, 1.165) is 12.8 Å². The van der Waals surface area contributed by atoms with E-state index in [-0.39, 0.29) is 23.7 Å². The van der Waals surface area contributed by atoms with E-state index in [1.807, 2.05) is 36.4 Å². The van der Waals surface area contributed by atoms with Gasteiger partial charge in [0.1, 0.15) is 0 Å². The molecule has 0 radical (unpaired) electrons. The van der Waals surface area contributed by atoms with Crippen LogP contribution in [0.3, 0.4) is 0 Å². The van der Waals surface area contributed by atoms with Crippen LogP contribution in [0.2, 0.25) is 0 Å². The van der Waals surface area contributed by atoms with E-state index in [2.05, 4.69) is 10.6 Å². The Labute approximate surface area is 198 Å². The lowest BCUT2D eigenvalue weighted by atomic mass is 9.81. The van der Waals surface area contributed by atoms with E-state index < -0.39 is 0 Å². The summed E-state index contributed by atoms with van der Waals surface area (Å²) >= 11 is 0. The highest BCUT2D eigenvalue weighted by Crippen LogP contribution is 2.35. The minimum Gasteiger partial charge on any atom is -0.490 e. The molecule has 5 rings (SSSR count). The van der Waals surface area contributed by atoms with Gasteiger partial charge in [-0.2, -0.15) is 0 Å². The Bertz CT molecular complexity index is 964. The van der Waals surface area contributed by atoms with Gasteiger partial charge in [0.15, 0.2) is 23.0 Å². The molecular weight excluding hydrogens is 436 g/mol. The van der Waals surface area contributed by atoms with Gasteiger partial charge in [-0.05, 0) is 49.9 Å². The molecule has 8 heteroatoms. The lowest BCUT2D eigenvalue weighted by molar-refractivity contribution is -0.125. The zero-order valence-corrected chi connectivity index (χ0v) is 19.1. The molecule has 2 aromatic carbocycles. The second-order valence-corrected chi connectivity index (χ2v) is 8.95. The molecule has 0 aromatic heterocycles. The Morgan fingerprint density at radius 3 is 1.38 bits per heavy atom. The maximum Gasteiger partial charge on any atom is 0.227 e. The minimum absolute atomic E-state index is 0.0174. The van der Waals surface area contributed by atoms with Gasteiger partial charge < -0.3 is 29.6 Å². The Morgan fingerprint density at radius 2 is 0.971 bits per heavy atom. The highest BCUT2D eigenvalue weighted by atomic mass is 16.5. The Hall–Kier alpha value is -3.42. The molecule has 0 atom stereocenters. The van der Waals surface area contributed by atoms with Gasteiger partial charge in [-0.1, -0.05) is 0 Å².